The maximum Gasteiger partial charge on any atom is 0.264 e. The van der Waals surface area contributed by atoms with Gasteiger partial charge in [0.25, 0.3) is 5.91 Å². The molecular formula is C19H23ClN2O3S2. The summed E-state index contributed by atoms with van der Waals surface area (Å²) >= 11 is 7.13. The number of hydrogen-bond acceptors (Lipinski definition) is 4. The summed E-state index contributed by atoms with van der Waals surface area (Å²) in [6, 6.07) is 10.5. The number of amides is 1. The highest BCUT2D eigenvalue weighted by Crippen LogP contribution is 2.25. The van der Waals surface area contributed by atoms with E-state index in [1.54, 1.807) is 29.2 Å². The highest BCUT2D eigenvalue weighted by molar-refractivity contribution is 7.89. The number of carbonyl (C=O) groups is 1. The van der Waals surface area contributed by atoms with Crippen molar-refractivity contribution in [2.45, 2.75) is 31.1 Å². The van der Waals surface area contributed by atoms with Gasteiger partial charge in [0, 0.05) is 26.2 Å². The zero-order chi connectivity index (χ0) is 19.6. The molecular weight excluding hydrogens is 404 g/mol. The van der Waals surface area contributed by atoms with Gasteiger partial charge in [-0.25, -0.2) is 8.42 Å². The summed E-state index contributed by atoms with van der Waals surface area (Å²) < 4.78 is 27.8. The van der Waals surface area contributed by atoms with E-state index in [0.29, 0.717) is 46.2 Å². The van der Waals surface area contributed by atoms with E-state index in [2.05, 4.69) is 13.8 Å². The molecule has 0 bridgehead atoms. The molecule has 1 atom stereocenters. The third-order valence-electron chi connectivity index (χ3n) is 5.01. The third-order valence-corrected chi connectivity index (χ3v) is 8.14. The second-order valence-corrected chi connectivity index (χ2v) is 10.3. The summed E-state index contributed by atoms with van der Waals surface area (Å²) in [7, 11) is -3.54. The van der Waals surface area contributed by atoms with Gasteiger partial charge in [-0.05, 0) is 42.2 Å². The molecule has 1 aromatic carbocycles. The zero-order valence-corrected chi connectivity index (χ0v) is 17.8. The number of halogens is 1. The van der Waals surface area contributed by atoms with E-state index in [9.17, 15) is 13.2 Å². The van der Waals surface area contributed by atoms with E-state index >= 15 is 0 Å². The van der Waals surface area contributed by atoms with Crippen LogP contribution in [0.5, 0.6) is 0 Å². The number of carbonyl (C=O) groups excluding carboxylic acids is 1. The second kappa shape index (κ2) is 8.31. The summed E-state index contributed by atoms with van der Waals surface area (Å²) in [5.74, 6) is 0.309. The van der Waals surface area contributed by atoms with Gasteiger partial charge in [-0.2, -0.15) is 4.31 Å². The molecule has 1 aliphatic heterocycles. The van der Waals surface area contributed by atoms with Crippen LogP contribution in [-0.4, -0.2) is 49.7 Å². The van der Waals surface area contributed by atoms with Gasteiger partial charge in [0.1, 0.15) is 0 Å². The molecule has 1 aromatic heterocycles. The second-order valence-electron chi connectivity index (χ2n) is 6.68. The molecule has 3 rings (SSSR count). The average molecular weight is 427 g/mol. The van der Waals surface area contributed by atoms with Crippen molar-refractivity contribution in [2.24, 2.45) is 0 Å². The van der Waals surface area contributed by atoms with Crippen LogP contribution >= 0.6 is 22.9 Å². The molecule has 0 radical (unpaired) electrons. The van der Waals surface area contributed by atoms with E-state index in [1.807, 2.05) is 12.1 Å². The third kappa shape index (κ3) is 4.37. The van der Waals surface area contributed by atoms with Crippen molar-refractivity contribution in [3.8, 4) is 0 Å². The Morgan fingerprint density at radius 3 is 2.26 bits per heavy atom. The highest BCUT2D eigenvalue weighted by Gasteiger charge is 2.30. The molecule has 2 heterocycles. The van der Waals surface area contributed by atoms with Crippen LogP contribution in [0.15, 0.2) is 41.3 Å². The minimum atomic E-state index is -3.54. The molecule has 5 nitrogen and oxygen atoms in total. The molecule has 1 aliphatic rings. The van der Waals surface area contributed by atoms with Gasteiger partial charge < -0.3 is 4.90 Å². The lowest BCUT2D eigenvalue weighted by Crippen LogP contribution is -2.50. The number of nitrogens with zero attached hydrogens (tertiary/aromatic N) is 2. The Kier molecular flexibility index (Phi) is 6.25. The Bertz CT molecular complexity index is 901. The van der Waals surface area contributed by atoms with Crippen LogP contribution < -0.4 is 0 Å². The van der Waals surface area contributed by atoms with Crippen molar-refractivity contribution in [2.75, 3.05) is 26.2 Å². The molecule has 8 heteroatoms. The predicted octanol–water partition coefficient (Wildman–Crippen LogP) is 4.06. The fourth-order valence-corrected chi connectivity index (χ4v) is 5.50. The first kappa shape index (κ1) is 20.3. The largest absolute Gasteiger partial charge is 0.335 e. The van der Waals surface area contributed by atoms with Crippen LogP contribution in [0.4, 0.5) is 0 Å². The van der Waals surface area contributed by atoms with Crippen molar-refractivity contribution in [1.82, 2.24) is 9.21 Å². The smallest absolute Gasteiger partial charge is 0.264 e. The van der Waals surface area contributed by atoms with Gasteiger partial charge in [-0.3, -0.25) is 4.79 Å². The van der Waals surface area contributed by atoms with Crippen molar-refractivity contribution >= 4 is 38.9 Å². The number of sulfonamides is 1. The fraction of sp³-hybridized carbons (Fsp3) is 0.421. The minimum Gasteiger partial charge on any atom is -0.335 e. The van der Waals surface area contributed by atoms with Gasteiger partial charge in [0.15, 0.2) is 0 Å². The lowest BCUT2D eigenvalue weighted by molar-refractivity contribution is 0.0703. The van der Waals surface area contributed by atoms with Gasteiger partial charge in [-0.1, -0.05) is 37.6 Å². The van der Waals surface area contributed by atoms with Gasteiger partial charge in [0.05, 0.1) is 14.1 Å². The molecule has 2 aromatic rings. The summed E-state index contributed by atoms with van der Waals surface area (Å²) in [6.07, 6.45) is 1.01. The Labute approximate surface area is 169 Å². The topological polar surface area (TPSA) is 57.7 Å². The molecule has 1 amide bonds. The molecule has 1 fully saturated rings. The number of thiophene rings is 1. The van der Waals surface area contributed by atoms with Crippen molar-refractivity contribution in [3.05, 3.63) is 51.2 Å². The number of rotatable bonds is 5. The van der Waals surface area contributed by atoms with E-state index in [-0.39, 0.29) is 5.91 Å². The molecule has 0 N–H and O–H groups in total. The van der Waals surface area contributed by atoms with Gasteiger partial charge in [0.2, 0.25) is 10.0 Å². The summed E-state index contributed by atoms with van der Waals surface area (Å²) in [6.45, 7) is 5.57. The van der Waals surface area contributed by atoms with Crippen LogP contribution in [0, 0.1) is 0 Å². The van der Waals surface area contributed by atoms with E-state index in [0.717, 1.165) is 12.0 Å². The first-order valence-electron chi connectivity index (χ1n) is 8.97. The number of hydrogen-bond donors (Lipinski definition) is 0. The average Bonchev–Trinajstić information content (AvgIpc) is 3.13. The summed E-state index contributed by atoms with van der Waals surface area (Å²) in [4.78, 5) is 15.0. The molecule has 0 aliphatic carbocycles. The number of benzene rings is 1. The fourth-order valence-electron chi connectivity index (χ4n) is 3.07. The lowest BCUT2D eigenvalue weighted by atomic mass is 9.99. The maximum absolute atomic E-state index is 12.9. The predicted molar refractivity (Wildman–Crippen MR) is 109 cm³/mol. The van der Waals surface area contributed by atoms with Crippen molar-refractivity contribution in [3.63, 3.8) is 0 Å². The lowest BCUT2D eigenvalue weighted by Gasteiger charge is -2.33. The molecule has 146 valence electrons. The Balaban J connectivity index is 1.66. The van der Waals surface area contributed by atoms with Crippen LogP contribution in [0.2, 0.25) is 4.34 Å². The van der Waals surface area contributed by atoms with E-state index in [1.165, 1.54) is 15.6 Å². The summed E-state index contributed by atoms with van der Waals surface area (Å²) in [5.41, 5.74) is 1.14. The minimum absolute atomic E-state index is 0.0955. The number of piperazine rings is 1. The van der Waals surface area contributed by atoms with Crippen LogP contribution in [-0.2, 0) is 10.0 Å². The zero-order valence-electron chi connectivity index (χ0n) is 15.4. The normalized spacial score (nSPS) is 17.1. The van der Waals surface area contributed by atoms with Gasteiger partial charge in [-0.15, -0.1) is 11.3 Å². The molecule has 1 saturated heterocycles. The van der Waals surface area contributed by atoms with Crippen LogP contribution in [0.25, 0.3) is 0 Å². The van der Waals surface area contributed by atoms with E-state index < -0.39 is 10.0 Å². The molecule has 0 saturated carbocycles. The van der Waals surface area contributed by atoms with Crippen LogP contribution in [0.3, 0.4) is 0 Å². The van der Waals surface area contributed by atoms with Crippen LogP contribution in [0.1, 0.15) is 41.4 Å². The quantitative estimate of drug-likeness (QED) is 0.724. The first-order chi connectivity index (χ1) is 12.8. The van der Waals surface area contributed by atoms with Crippen molar-refractivity contribution in [1.29, 1.82) is 0 Å². The Morgan fingerprint density at radius 1 is 1.11 bits per heavy atom. The monoisotopic (exact) mass is 426 g/mol. The van der Waals surface area contributed by atoms with E-state index in [4.69, 9.17) is 11.6 Å². The maximum atomic E-state index is 12.9. The highest BCUT2D eigenvalue weighted by atomic mass is 35.5. The molecule has 1 unspecified atom stereocenters. The van der Waals surface area contributed by atoms with Gasteiger partial charge >= 0.3 is 0 Å². The first-order valence-corrected chi connectivity index (χ1v) is 11.6. The SMILES string of the molecule is CCC(C)c1ccc(S(=O)(=O)N2CCN(C(=O)c3ccc(Cl)s3)CC2)cc1. The molecule has 27 heavy (non-hydrogen) atoms. The standard InChI is InChI=1S/C19H23ClN2O3S2/c1-3-14(2)15-4-6-16(7-5-15)27(24,25)22-12-10-21(11-13-22)19(23)17-8-9-18(20)26-17/h4-9,14H,3,10-13H2,1-2H3. The molecule has 0 spiro atoms. The Hall–Kier alpha value is -1.41. The summed E-state index contributed by atoms with van der Waals surface area (Å²) in [5, 5.41) is 0. The Morgan fingerprint density at radius 2 is 1.74 bits per heavy atom. The van der Waals surface area contributed by atoms with Crippen molar-refractivity contribution < 1.29 is 13.2 Å².